The van der Waals surface area contributed by atoms with Crippen LogP contribution in [0.1, 0.15) is 90.5 Å². The van der Waals surface area contributed by atoms with Gasteiger partial charge in [0.05, 0.1) is 0 Å². The van der Waals surface area contributed by atoms with Crippen LogP contribution in [0.25, 0.3) is 0 Å². The van der Waals surface area contributed by atoms with Gasteiger partial charge in [0.1, 0.15) is 0 Å². The first kappa shape index (κ1) is 27.5. The highest BCUT2D eigenvalue weighted by Gasteiger charge is 2.52. The minimum Gasteiger partial charge on any atom is -0.103 e. The normalized spacial score (nSPS) is 26.5. The van der Waals surface area contributed by atoms with Crippen molar-refractivity contribution in [3.63, 3.8) is 0 Å². The van der Waals surface area contributed by atoms with Crippen molar-refractivity contribution in [2.75, 3.05) is 0 Å². The summed E-state index contributed by atoms with van der Waals surface area (Å²) in [6, 6.07) is 10.9. The maximum Gasteiger partial charge on any atom is 0.00201 e. The van der Waals surface area contributed by atoms with E-state index in [1.807, 2.05) is 6.08 Å². The molecular weight excluding hydrogens is 420 g/mol. The Morgan fingerprint density at radius 1 is 1.09 bits per heavy atom. The molecule has 0 spiro atoms. The number of rotatable bonds is 13. The van der Waals surface area contributed by atoms with E-state index >= 15 is 0 Å². The summed E-state index contributed by atoms with van der Waals surface area (Å²) < 4.78 is 0. The van der Waals surface area contributed by atoms with E-state index in [9.17, 15) is 0 Å². The highest BCUT2D eigenvalue weighted by atomic mass is 14.6. The molecule has 0 bridgehead atoms. The second-order valence-corrected chi connectivity index (χ2v) is 12.4. The first-order valence-corrected chi connectivity index (χ1v) is 14.0. The lowest BCUT2D eigenvalue weighted by atomic mass is 9.71. The predicted octanol–water partition coefficient (Wildman–Crippen LogP) is 10.5. The molecule has 1 aromatic carbocycles. The van der Waals surface area contributed by atoms with Crippen molar-refractivity contribution >= 4 is 0 Å². The molecule has 2 fully saturated rings. The number of hydrogen-bond donors (Lipinski definition) is 0. The summed E-state index contributed by atoms with van der Waals surface area (Å²) in [7, 11) is 0. The van der Waals surface area contributed by atoms with Gasteiger partial charge in [0.25, 0.3) is 0 Å². The zero-order valence-corrected chi connectivity index (χ0v) is 23.1. The van der Waals surface area contributed by atoms with Crippen molar-refractivity contribution in [1.82, 2.24) is 0 Å². The maximum atomic E-state index is 4.81. The number of fused-ring (bicyclic) bond motifs is 1. The summed E-state index contributed by atoms with van der Waals surface area (Å²) in [4.78, 5) is 0. The fourth-order valence-electron chi connectivity index (χ4n) is 7.37. The average molecular weight is 471 g/mol. The predicted molar refractivity (Wildman–Crippen MR) is 155 cm³/mol. The first-order chi connectivity index (χ1) is 16.6. The molecule has 2 saturated carbocycles. The topological polar surface area (TPSA) is 0 Å². The van der Waals surface area contributed by atoms with Crippen LogP contribution in [0.4, 0.5) is 0 Å². The maximum absolute atomic E-state index is 4.81. The van der Waals surface area contributed by atoms with Gasteiger partial charge in [0.2, 0.25) is 0 Å². The minimum atomic E-state index is 0.378. The summed E-state index contributed by atoms with van der Waals surface area (Å²) in [5.41, 5.74) is 7.12. The van der Waals surface area contributed by atoms with E-state index < -0.39 is 0 Å². The van der Waals surface area contributed by atoms with Gasteiger partial charge in [0.15, 0.2) is 0 Å². The highest BCUT2D eigenvalue weighted by Crippen LogP contribution is 2.61. The lowest BCUT2D eigenvalue weighted by molar-refractivity contribution is 0.292. The van der Waals surface area contributed by atoms with Gasteiger partial charge in [-0.2, -0.15) is 0 Å². The van der Waals surface area contributed by atoms with Crippen molar-refractivity contribution < 1.29 is 0 Å². The zero-order chi connectivity index (χ0) is 25.8. The Labute approximate surface area is 217 Å². The molecule has 0 amide bonds. The van der Waals surface area contributed by atoms with Gasteiger partial charge in [-0.15, -0.1) is 6.58 Å². The van der Waals surface area contributed by atoms with E-state index in [1.54, 1.807) is 0 Å². The number of hydrogen-bond acceptors (Lipinski definition) is 0. The molecule has 0 heterocycles. The number of benzene rings is 1. The highest BCUT2D eigenvalue weighted by molar-refractivity contribution is 5.33. The smallest absolute Gasteiger partial charge is 0.00201 e. The van der Waals surface area contributed by atoms with Crippen LogP contribution in [-0.2, 0) is 0 Å². The van der Waals surface area contributed by atoms with Crippen LogP contribution in [0.2, 0.25) is 0 Å². The third-order valence-electron chi connectivity index (χ3n) is 9.21. The molecule has 0 aromatic heterocycles. The van der Waals surface area contributed by atoms with E-state index in [-0.39, 0.29) is 0 Å². The van der Waals surface area contributed by atoms with Crippen LogP contribution in [0.5, 0.6) is 0 Å². The average Bonchev–Trinajstić information content (AvgIpc) is 3.32. The summed E-state index contributed by atoms with van der Waals surface area (Å²) in [6.07, 6.45) is 11.2. The van der Waals surface area contributed by atoms with Crippen LogP contribution in [0, 0.1) is 35.0 Å². The minimum absolute atomic E-state index is 0.378. The van der Waals surface area contributed by atoms with Crippen molar-refractivity contribution in [3.8, 4) is 0 Å². The van der Waals surface area contributed by atoms with E-state index in [1.165, 1.54) is 47.1 Å². The summed E-state index contributed by atoms with van der Waals surface area (Å²) in [5, 5.41) is 0. The Morgan fingerprint density at radius 3 is 2.40 bits per heavy atom. The Kier molecular flexibility index (Phi) is 9.25. The zero-order valence-electron chi connectivity index (χ0n) is 23.1. The van der Waals surface area contributed by atoms with Crippen LogP contribution >= 0.6 is 0 Å². The van der Waals surface area contributed by atoms with Crippen molar-refractivity contribution in [3.05, 3.63) is 97.2 Å². The molecule has 0 saturated heterocycles. The second-order valence-electron chi connectivity index (χ2n) is 12.4. The SMILES string of the molecule is C=CCCC(=C)C(=C)C(CCC)CC(=C)C1C(C(=C)C(C)c2ccccc2)CC2CC(C)(C)CC21. The fraction of sp³-hybridized carbons (Fsp3) is 0.543. The van der Waals surface area contributed by atoms with Crippen LogP contribution < -0.4 is 0 Å². The molecule has 1 aromatic rings. The molecule has 2 aliphatic carbocycles. The second kappa shape index (κ2) is 11.8. The summed E-state index contributed by atoms with van der Waals surface area (Å²) in [6.45, 7) is 31.9. The van der Waals surface area contributed by atoms with Gasteiger partial charge in [0, 0.05) is 5.92 Å². The van der Waals surface area contributed by atoms with Gasteiger partial charge in [-0.3, -0.25) is 0 Å². The molecule has 0 heteroatoms. The van der Waals surface area contributed by atoms with Gasteiger partial charge >= 0.3 is 0 Å². The fourth-order valence-corrected chi connectivity index (χ4v) is 7.37. The van der Waals surface area contributed by atoms with Crippen molar-refractivity contribution in [2.24, 2.45) is 35.0 Å². The molecule has 35 heavy (non-hydrogen) atoms. The molecule has 0 N–H and O–H groups in total. The Balaban J connectivity index is 1.84. The Bertz CT molecular complexity index is 926. The largest absolute Gasteiger partial charge is 0.103 e. The van der Waals surface area contributed by atoms with E-state index in [0.29, 0.717) is 29.1 Å². The summed E-state index contributed by atoms with van der Waals surface area (Å²) >= 11 is 0. The van der Waals surface area contributed by atoms with E-state index in [2.05, 4.69) is 77.8 Å². The molecular formula is C35H50. The Hall–Kier alpha value is -2.08. The van der Waals surface area contributed by atoms with Crippen LogP contribution in [0.3, 0.4) is 0 Å². The van der Waals surface area contributed by atoms with Crippen LogP contribution in [-0.4, -0.2) is 0 Å². The third-order valence-corrected chi connectivity index (χ3v) is 9.21. The molecule has 6 unspecified atom stereocenters. The van der Waals surface area contributed by atoms with E-state index in [0.717, 1.165) is 43.9 Å². The van der Waals surface area contributed by atoms with Gasteiger partial charge in [-0.05, 0) is 91.1 Å². The lowest BCUT2D eigenvalue weighted by Gasteiger charge is -2.34. The van der Waals surface area contributed by atoms with Crippen LogP contribution in [0.15, 0.2) is 91.6 Å². The Morgan fingerprint density at radius 2 is 1.77 bits per heavy atom. The quantitative estimate of drug-likeness (QED) is 0.199. The molecule has 6 atom stereocenters. The van der Waals surface area contributed by atoms with Gasteiger partial charge < -0.3 is 0 Å². The van der Waals surface area contributed by atoms with E-state index in [4.69, 9.17) is 13.2 Å². The molecule has 190 valence electrons. The molecule has 0 nitrogen and oxygen atoms in total. The lowest BCUT2D eigenvalue weighted by Crippen LogP contribution is -2.24. The molecule has 2 aliphatic rings. The van der Waals surface area contributed by atoms with Crippen molar-refractivity contribution in [2.45, 2.75) is 85.0 Å². The van der Waals surface area contributed by atoms with Gasteiger partial charge in [-0.1, -0.05) is 114 Å². The standard InChI is InChI=1S/C35H50/c1-10-12-17-24(3)26(5)30(16-11-2)20-25(4)34-32(21-31-22-35(8,9)23-33(31)34)28(7)27(6)29-18-14-13-15-19-29/h10,13-15,18-19,27,30-34H,1,3-5,7,11-12,16-17,20-23H2,2,6,8-9H3. The monoisotopic (exact) mass is 470 g/mol. The van der Waals surface area contributed by atoms with Crippen molar-refractivity contribution in [1.29, 1.82) is 0 Å². The number of allylic oxidation sites excluding steroid dienone is 5. The third kappa shape index (κ3) is 6.38. The molecule has 0 radical (unpaired) electrons. The molecule has 0 aliphatic heterocycles. The first-order valence-electron chi connectivity index (χ1n) is 14.0. The summed E-state index contributed by atoms with van der Waals surface area (Å²) in [5.74, 6) is 3.42. The molecule has 3 rings (SSSR count). The van der Waals surface area contributed by atoms with Gasteiger partial charge in [-0.25, -0.2) is 0 Å².